The van der Waals surface area contributed by atoms with E-state index in [9.17, 15) is 13.2 Å². The fraction of sp³-hybridized carbons (Fsp3) is 0.167. The molecule has 0 aliphatic rings. The van der Waals surface area contributed by atoms with E-state index in [1.54, 1.807) is 6.20 Å². The van der Waals surface area contributed by atoms with Crippen molar-refractivity contribution in [1.29, 1.82) is 0 Å². The third-order valence-corrected chi connectivity index (χ3v) is 5.46. The first kappa shape index (κ1) is 18.0. The lowest BCUT2D eigenvalue weighted by Crippen LogP contribution is -2.26. The molecule has 134 valence electrons. The van der Waals surface area contributed by atoms with E-state index in [-0.39, 0.29) is 22.7 Å². The fourth-order valence-electron chi connectivity index (χ4n) is 2.65. The molecule has 1 aromatic carbocycles. The highest BCUT2D eigenvalue weighted by Gasteiger charge is 2.18. The summed E-state index contributed by atoms with van der Waals surface area (Å²) >= 11 is 0. The van der Waals surface area contributed by atoms with Crippen LogP contribution in [-0.4, -0.2) is 36.0 Å². The number of para-hydroxylation sites is 1. The molecule has 0 radical (unpaired) electrons. The highest BCUT2D eigenvalue weighted by atomic mass is 32.2. The van der Waals surface area contributed by atoms with Gasteiger partial charge in [0.05, 0.1) is 16.8 Å². The minimum Gasteiger partial charge on any atom is -0.478 e. The SMILES string of the molecule is Cc1ncc(S(=O)(=O)NCCc2ccnc3ccccc23)cc1C(=O)O. The summed E-state index contributed by atoms with van der Waals surface area (Å²) in [5.74, 6) is -1.21. The maximum absolute atomic E-state index is 12.4. The smallest absolute Gasteiger partial charge is 0.337 e. The molecule has 0 saturated carbocycles. The van der Waals surface area contributed by atoms with Crippen LogP contribution < -0.4 is 4.72 Å². The maximum Gasteiger partial charge on any atom is 0.337 e. The first-order valence-corrected chi connectivity index (χ1v) is 9.39. The van der Waals surface area contributed by atoms with Crippen molar-refractivity contribution < 1.29 is 18.3 Å². The third kappa shape index (κ3) is 3.71. The van der Waals surface area contributed by atoms with Crippen LogP contribution in [0.1, 0.15) is 21.6 Å². The predicted octanol–water partition coefficient (Wildman–Crippen LogP) is 2.16. The number of carboxylic acid groups (broad SMARTS) is 1. The van der Waals surface area contributed by atoms with Gasteiger partial charge >= 0.3 is 5.97 Å². The average molecular weight is 371 g/mol. The van der Waals surface area contributed by atoms with Crippen molar-refractivity contribution in [3.05, 3.63) is 65.6 Å². The van der Waals surface area contributed by atoms with Crippen molar-refractivity contribution in [1.82, 2.24) is 14.7 Å². The summed E-state index contributed by atoms with van der Waals surface area (Å²) in [5, 5.41) is 10.1. The van der Waals surface area contributed by atoms with Crippen LogP contribution in [0.15, 0.2) is 53.7 Å². The molecular formula is C18H17N3O4S. The van der Waals surface area contributed by atoms with Gasteiger partial charge in [-0.25, -0.2) is 17.9 Å². The van der Waals surface area contributed by atoms with Gasteiger partial charge in [-0.05, 0) is 37.1 Å². The number of nitrogens with zero attached hydrogens (tertiary/aromatic N) is 2. The number of sulfonamides is 1. The molecule has 0 unspecified atom stereocenters. The Morgan fingerprint density at radius 3 is 2.73 bits per heavy atom. The molecule has 2 N–H and O–H groups in total. The third-order valence-electron chi connectivity index (χ3n) is 4.03. The average Bonchev–Trinajstić information content (AvgIpc) is 2.61. The monoisotopic (exact) mass is 371 g/mol. The number of hydrogen-bond acceptors (Lipinski definition) is 5. The summed E-state index contributed by atoms with van der Waals surface area (Å²) < 4.78 is 27.3. The van der Waals surface area contributed by atoms with Gasteiger partial charge in [-0.15, -0.1) is 0 Å². The maximum atomic E-state index is 12.4. The number of aromatic carboxylic acids is 1. The number of rotatable bonds is 6. The van der Waals surface area contributed by atoms with Crippen LogP contribution in [0.2, 0.25) is 0 Å². The molecular weight excluding hydrogens is 354 g/mol. The molecule has 0 spiro atoms. The Kier molecular flexibility index (Phi) is 4.97. The number of aromatic nitrogens is 2. The number of carboxylic acids is 1. The number of carbonyl (C=O) groups is 1. The van der Waals surface area contributed by atoms with E-state index in [2.05, 4.69) is 14.7 Å². The first-order chi connectivity index (χ1) is 12.4. The van der Waals surface area contributed by atoms with Crippen molar-refractivity contribution in [3.8, 4) is 0 Å². The van der Waals surface area contributed by atoms with Gasteiger partial charge in [0.2, 0.25) is 10.0 Å². The van der Waals surface area contributed by atoms with Gasteiger partial charge < -0.3 is 5.11 Å². The topological polar surface area (TPSA) is 109 Å². The first-order valence-electron chi connectivity index (χ1n) is 7.91. The molecule has 3 rings (SSSR count). The van der Waals surface area contributed by atoms with Crippen LogP contribution in [0.4, 0.5) is 0 Å². The summed E-state index contributed by atoms with van der Waals surface area (Å²) in [6.45, 7) is 1.69. The van der Waals surface area contributed by atoms with Gasteiger partial charge in [-0.2, -0.15) is 0 Å². The minimum atomic E-state index is -3.85. The molecule has 26 heavy (non-hydrogen) atoms. The molecule has 3 aromatic rings. The van der Waals surface area contributed by atoms with E-state index in [1.165, 1.54) is 6.92 Å². The molecule has 2 aromatic heterocycles. The number of hydrogen-bond donors (Lipinski definition) is 2. The zero-order chi connectivity index (χ0) is 18.7. The van der Waals surface area contributed by atoms with Crippen molar-refractivity contribution in [2.45, 2.75) is 18.2 Å². The minimum absolute atomic E-state index is 0.131. The van der Waals surface area contributed by atoms with Crippen molar-refractivity contribution in [2.75, 3.05) is 6.54 Å². The van der Waals surface area contributed by atoms with E-state index in [0.717, 1.165) is 28.7 Å². The molecule has 0 fully saturated rings. The molecule has 0 aliphatic carbocycles. The summed E-state index contributed by atoms with van der Waals surface area (Å²) in [7, 11) is -3.85. The summed E-state index contributed by atoms with van der Waals surface area (Å²) in [5.41, 5.74) is 1.96. The molecule has 7 nitrogen and oxygen atoms in total. The molecule has 0 amide bonds. The zero-order valence-corrected chi connectivity index (χ0v) is 14.8. The van der Waals surface area contributed by atoms with E-state index < -0.39 is 16.0 Å². The van der Waals surface area contributed by atoms with E-state index >= 15 is 0 Å². The lowest BCUT2D eigenvalue weighted by atomic mass is 10.1. The molecule has 0 saturated heterocycles. The molecule has 0 bridgehead atoms. The summed E-state index contributed by atoms with van der Waals surface area (Å²) in [6, 6.07) is 10.6. The number of aryl methyl sites for hydroxylation is 1. The Balaban J connectivity index is 1.76. The molecule has 8 heteroatoms. The van der Waals surface area contributed by atoms with Crippen LogP contribution in [0.5, 0.6) is 0 Å². The standard InChI is InChI=1S/C18H17N3O4S/c1-12-16(18(22)23)10-14(11-20-12)26(24,25)21-9-7-13-6-8-19-17-5-3-2-4-15(13)17/h2-6,8,10-11,21H,7,9H2,1H3,(H,22,23). The Labute approximate surface area is 150 Å². The van der Waals surface area contributed by atoms with E-state index in [4.69, 9.17) is 5.11 Å². The lowest BCUT2D eigenvalue weighted by molar-refractivity contribution is 0.0695. The van der Waals surface area contributed by atoms with Gasteiger partial charge in [0.25, 0.3) is 0 Å². The van der Waals surface area contributed by atoms with Crippen LogP contribution in [-0.2, 0) is 16.4 Å². The van der Waals surface area contributed by atoms with E-state index in [1.807, 2.05) is 30.3 Å². The summed E-state index contributed by atoms with van der Waals surface area (Å²) in [4.78, 5) is 19.1. The van der Waals surface area contributed by atoms with Crippen LogP contribution >= 0.6 is 0 Å². The van der Waals surface area contributed by atoms with Gasteiger partial charge in [0, 0.05) is 24.3 Å². The largest absolute Gasteiger partial charge is 0.478 e. The van der Waals surface area contributed by atoms with Gasteiger partial charge in [0.1, 0.15) is 4.90 Å². The van der Waals surface area contributed by atoms with E-state index in [0.29, 0.717) is 6.42 Å². The Hall–Kier alpha value is -2.84. The molecule has 0 atom stereocenters. The van der Waals surface area contributed by atoms with Gasteiger partial charge in [-0.1, -0.05) is 18.2 Å². The number of nitrogens with one attached hydrogen (secondary N) is 1. The van der Waals surface area contributed by atoms with Crippen molar-refractivity contribution in [2.24, 2.45) is 0 Å². The quantitative estimate of drug-likeness (QED) is 0.687. The second-order valence-corrected chi connectivity index (χ2v) is 7.51. The van der Waals surface area contributed by atoms with Crippen LogP contribution in [0.25, 0.3) is 10.9 Å². The fourth-order valence-corrected chi connectivity index (χ4v) is 3.66. The van der Waals surface area contributed by atoms with Gasteiger partial charge in [-0.3, -0.25) is 9.97 Å². The lowest BCUT2D eigenvalue weighted by Gasteiger charge is -2.09. The number of fused-ring (bicyclic) bond motifs is 1. The zero-order valence-electron chi connectivity index (χ0n) is 14.0. The van der Waals surface area contributed by atoms with Crippen molar-refractivity contribution in [3.63, 3.8) is 0 Å². The highest BCUT2D eigenvalue weighted by Crippen LogP contribution is 2.17. The highest BCUT2D eigenvalue weighted by molar-refractivity contribution is 7.89. The Morgan fingerprint density at radius 1 is 1.19 bits per heavy atom. The molecule has 2 heterocycles. The summed E-state index contributed by atoms with van der Waals surface area (Å²) in [6.07, 6.45) is 3.33. The van der Waals surface area contributed by atoms with Crippen LogP contribution in [0, 0.1) is 6.92 Å². The second-order valence-electron chi connectivity index (χ2n) is 5.74. The normalized spacial score (nSPS) is 11.6. The van der Waals surface area contributed by atoms with Crippen molar-refractivity contribution >= 4 is 26.9 Å². The molecule has 0 aliphatic heterocycles. The predicted molar refractivity (Wildman–Crippen MR) is 96.6 cm³/mol. The van der Waals surface area contributed by atoms with Gasteiger partial charge in [0.15, 0.2) is 0 Å². The Bertz CT molecular complexity index is 1080. The van der Waals surface area contributed by atoms with Crippen LogP contribution in [0.3, 0.4) is 0 Å². The second kappa shape index (κ2) is 7.19. The Morgan fingerprint density at radius 2 is 1.96 bits per heavy atom. The number of benzene rings is 1. The number of pyridine rings is 2.